The maximum atomic E-state index is 8.93. The molecule has 1 aromatic heterocycles. The highest BCUT2D eigenvalue weighted by atomic mass is 79.9. The minimum Gasteiger partial charge on any atom is -0.228 e. The van der Waals surface area contributed by atoms with Crippen LogP contribution in [0, 0.1) is 25.2 Å². The van der Waals surface area contributed by atoms with Gasteiger partial charge in [0.1, 0.15) is 0 Å². The van der Waals surface area contributed by atoms with Crippen molar-refractivity contribution in [2.75, 3.05) is 0 Å². The molecule has 0 atom stereocenters. The van der Waals surface area contributed by atoms with Gasteiger partial charge in [0.25, 0.3) is 0 Å². The van der Waals surface area contributed by atoms with Crippen molar-refractivity contribution in [3.05, 3.63) is 45.7 Å². The van der Waals surface area contributed by atoms with Gasteiger partial charge in [-0.3, -0.25) is 0 Å². The topological polar surface area (TPSA) is 49.6 Å². The van der Waals surface area contributed by atoms with Gasteiger partial charge in [-0.2, -0.15) is 5.26 Å². The van der Waals surface area contributed by atoms with Crippen molar-refractivity contribution in [1.29, 1.82) is 5.26 Å². The molecule has 2 rings (SSSR count). The number of halogens is 1. The van der Waals surface area contributed by atoms with Gasteiger partial charge in [0.2, 0.25) is 0 Å². The van der Waals surface area contributed by atoms with Crippen LogP contribution in [0.2, 0.25) is 0 Å². The van der Waals surface area contributed by atoms with Gasteiger partial charge in [0, 0.05) is 20.8 Å². The van der Waals surface area contributed by atoms with Gasteiger partial charge in [-0.15, -0.1) is 0 Å². The van der Waals surface area contributed by atoms with Crippen LogP contribution in [-0.4, -0.2) is 9.97 Å². The predicted octanol–water partition coefficient (Wildman–Crippen LogP) is 3.88. The Morgan fingerprint density at radius 3 is 2.39 bits per heavy atom. The number of hydrogen-bond donors (Lipinski definition) is 0. The number of aromatic nitrogens is 2. The first-order chi connectivity index (χ1) is 8.56. The molecule has 1 heterocycles. The minimum absolute atomic E-state index is 0.622. The number of hydrogen-bond acceptors (Lipinski definition) is 4. The number of aryl methyl sites for hydroxylation is 2. The smallest absolute Gasteiger partial charge is 0.192 e. The molecule has 0 fully saturated rings. The molecule has 0 bridgehead atoms. The van der Waals surface area contributed by atoms with Crippen LogP contribution in [0.25, 0.3) is 0 Å². The van der Waals surface area contributed by atoms with Gasteiger partial charge in [-0.25, -0.2) is 9.97 Å². The van der Waals surface area contributed by atoms with Crippen LogP contribution in [-0.2, 0) is 0 Å². The summed E-state index contributed by atoms with van der Waals surface area (Å²) in [4.78, 5) is 9.69. The molecule has 0 aliphatic rings. The van der Waals surface area contributed by atoms with E-state index in [-0.39, 0.29) is 0 Å². The maximum absolute atomic E-state index is 8.93. The first-order valence-electron chi connectivity index (χ1n) is 5.27. The lowest BCUT2D eigenvalue weighted by atomic mass is 10.2. The molecule has 5 heteroatoms. The molecule has 0 radical (unpaired) electrons. The third-order valence-electron chi connectivity index (χ3n) is 2.17. The molecule has 3 nitrogen and oxygen atoms in total. The van der Waals surface area contributed by atoms with Crippen molar-refractivity contribution in [2.45, 2.75) is 23.9 Å². The quantitative estimate of drug-likeness (QED) is 0.788. The van der Waals surface area contributed by atoms with Crippen LogP contribution < -0.4 is 0 Å². The molecule has 0 spiro atoms. The fourth-order valence-corrected chi connectivity index (χ4v) is 3.14. The van der Waals surface area contributed by atoms with Crippen LogP contribution in [0.1, 0.15) is 17.0 Å². The van der Waals surface area contributed by atoms with E-state index in [0.717, 1.165) is 20.8 Å². The molecular weight excluding hydrogens is 310 g/mol. The lowest BCUT2D eigenvalue weighted by Gasteiger charge is -2.04. The minimum atomic E-state index is 0.622. The van der Waals surface area contributed by atoms with Crippen molar-refractivity contribution >= 4 is 27.7 Å². The van der Waals surface area contributed by atoms with E-state index in [2.05, 4.69) is 32.0 Å². The van der Waals surface area contributed by atoms with Crippen molar-refractivity contribution in [3.8, 4) is 6.07 Å². The van der Waals surface area contributed by atoms with Crippen LogP contribution in [0.4, 0.5) is 0 Å². The monoisotopic (exact) mass is 319 g/mol. The van der Waals surface area contributed by atoms with Crippen LogP contribution in [0.15, 0.2) is 38.8 Å². The molecule has 90 valence electrons. The van der Waals surface area contributed by atoms with E-state index in [0.29, 0.717) is 10.7 Å². The van der Waals surface area contributed by atoms with Crippen molar-refractivity contribution in [2.24, 2.45) is 0 Å². The second-order valence-corrected chi connectivity index (χ2v) is 5.78. The fraction of sp³-hybridized carbons (Fsp3) is 0.154. The van der Waals surface area contributed by atoms with E-state index >= 15 is 0 Å². The van der Waals surface area contributed by atoms with Crippen LogP contribution in [0.5, 0.6) is 0 Å². The molecule has 2 aromatic rings. The van der Waals surface area contributed by atoms with Gasteiger partial charge >= 0.3 is 0 Å². The SMILES string of the molecule is Cc1cc(C)nc(Sc2cc(Br)cc(C#N)c2)n1. The Morgan fingerprint density at radius 1 is 1.11 bits per heavy atom. The van der Waals surface area contributed by atoms with E-state index < -0.39 is 0 Å². The highest BCUT2D eigenvalue weighted by Crippen LogP contribution is 2.28. The van der Waals surface area contributed by atoms with Gasteiger partial charge < -0.3 is 0 Å². The van der Waals surface area contributed by atoms with Gasteiger partial charge in [0.15, 0.2) is 5.16 Å². The second kappa shape index (κ2) is 5.51. The molecule has 18 heavy (non-hydrogen) atoms. The average molecular weight is 320 g/mol. The zero-order valence-electron chi connectivity index (χ0n) is 9.94. The summed E-state index contributed by atoms with van der Waals surface area (Å²) >= 11 is 4.85. The second-order valence-electron chi connectivity index (χ2n) is 3.82. The largest absolute Gasteiger partial charge is 0.228 e. The zero-order valence-corrected chi connectivity index (χ0v) is 12.3. The summed E-state index contributed by atoms with van der Waals surface area (Å²) in [5.74, 6) is 0. The zero-order chi connectivity index (χ0) is 13.1. The van der Waals surface area contributed by atoms with Gasteiger partial charge in [-0.1, -0.05) is 15.9 Å². The third kappa shape index (κ3) is 3.31. The Morgan fingerprint density at radius 2 is 1.78 bits per heavy atom. The van der Waals surface area contributed by atoms with E-state index in [9.17, 15) is 0 Å². The number of nitrogens with zero attached hydrogens (tertiary/aromatic N) is 3. The van der Waals surface area contributed by atoms with Crippen LogP contribution >= 0.6 is 27.7 Å². The summed E-state index contributed by atoms with van der Waals surface area (Å²) in [6.45, 7) is 3.89. The number of benzene rings is 1. The Bertz CT molecular complexity index is 614. The molecule has 0 saturated carbocycles. The summed E-state index contributed by atoms with van der Waals surface area (Å²) in [5.41, 5.74) is 2.51. The Balaban J connectivity index is 2.34. The third-order valence-corrected chi connectivity index (χ3v) is 3.47. The molecule has 0 saturated heterocycles. The number of nitriles is 1. The maximum Gasteiger partial charge on any atom is 0.192 e. The summed E-state index contributed by atoms with van der Waals surface area (Å²) in [6, 6.07) is 9.63. The van der Waals surface area contributed by atoms with E-state index in [1.54, 1.807) is 6.07 Å². The Kier molecular flexibility index (Phi) is 4.00. The summed E-state index contributed by atoms with van der Waals surface area (Å²) < 4.78 is 0.883. The predicted molar refractivity (Wildman–Crippen MR) is 74.5 cm³/mol. The van der Waals surface area contributed by atoms with E-state index in [1.807, 2.05) is 32.0 Å². The van der Waals surface area contributed by atoms with Crippen LogP contribution in [0.3, 0.4) is 0 Å². The van der Waals surface area contributed by atoms with Crippen molar-refractivity contribution in [3.63, 3.8) is 0 Å². The lowest BCUT2D eigenvalue weighted by molar-refractivity contribution is 0.902. The normalized spacial score (nSPS) is 10.1. The molecule has 0 unspecified atom stereocenters. The van der Waals surface area contributed by atoms with Gasteiger partial charge in [0.05, 0.1) is 11.6 Å². The Labute approximate surface area is 118 Å². The average Bonchev–Trinajstić information content (AvgIpc) is 2.26. The molecule has 0 amide bonds. The molecule has 0 N–H and O–H groups in total. The summed E-state index contributed by atoms with van der Waals surface area (Å²) in [5, 5.41) is 9.63. The first-order valence-corrected chi connectivity index (χ1v) is 6.88. The summed E-state index contributed by atoms with van der Waals surface area (Å²) in [7, 11) is 0. The molecule has 0 aliphatic heterocycles. The first kappa shape index (κ1) is 13.1. The molecule has 0 aliphatic carbocycles. The Hall–Kier alpha value is -1.38. The molecular formula is C13H10BrN3S. The number of rotatable bonds is 2. The standard InChI is InChI=1S/C13H10BrN3S/c1-8-3-9(2)17-13(16-8)18-12-5-10(7-15)4-11(14)6-12/h3-6H,1-2H3. The van der Waals surface area contributed by atoms with Gasteiger partial charge in [-0.05, 0) is 49.9 Å². The highest BCUT2D eigenvalue weighted by Gasteiger charge is 2.05. The van der Waals surface area contributed by atoms with Crippen molar-refractivity contribution < 1.29 is 0 Å². The van der Waals surface area contributed by atoms with Crippen molar-refractivity contribution in [1.82, 2.24) is 9.97 Å². The fourth-order valence-electron chi connectivity index (χ4n) is 1.53. The van der Waals surface area contributed by atoms with E-state index in [1.165, 1.54) is 11.8 Å². The summed E-state index contributed by atoms with van der Waals surface area (Å²) in [6.07, 6.45) is 0. The molecule has 1 aromatic carbocycles. The highest BCUT2D eigenvalue weighted by molar-refractivity contribution is 9.10. The van der Waals surface area contributed by atoms with E-state index in [4.69, 9.17) is 5.26 Å². The lowest BCUT2D eigenvalue weighted by Crippen LogP contribution is -1.92.